The Kier molecular flexibility index (Phi) is 14.7. The highest BCUT2D eigenvalue weighted by molar-refractivity contribution is 5.88. The molecule has 248 valence electrons. The van der Waals surface area contributed by atoms with Crippen LogP contribution in [0.1, 0.15) is 68.9 Å². The van der Waals surface area contributed by atoms with Crippen LogP contribution >= 0.6 is 0 Å². The molecule has 8 heteroatoms. The number of carbonyl (C=O) groups excluding carboxylic acids is 2. The zero-order valence-electron chi connectivity index (χ0n) is 26.7. The van der Waals surface area contributed by atoms with Crippen molar-refractivity contribution in [3.05, 3.63) is 95.6 Å². The maximum absolute atomic E-state index is 15.4. The number of aldehydes is 1. The summed E-state index contributed by atoms with van der Waals surface area (Å²) in [5.74, 6) is -2.54. The van der Waals surface area contributed by atoms with Crippen LogP contribution in [0.3, 0.4) is 0 Å². The monoisotopic (exact) mass is 636 g/mol. The number of aryl methyl sites for hydroxylation is 1. The van der Waals surface area contributed by atoms with Crippen molar-refractivity contribution in [2.24, 2.45) is 11.8 Å². The summed E-state index contributed by atoms with van der Waals surface area (Å²) in [6.07, 6.45) is 7.87. The first-order valence-corrected chi connectivity index (χ1v) is 16.0. The summed E-state index contributed by atoms with van der Waals surface area (Å²) in [6.45, 7) is 8.00. The Hall–Kier alpha value is -3.72. The summed E-state index contributed by atoms with van der Waals surface area (Å²) in [7, 11) is 0. The summed E-state index contributed by atoms with van der Waals surface area (Å²) in [5.41, 5.74) is 2.79. The molecule has 3 aromatic carbocycles. The third kappa shape index (κ3) is 9.89. The van der Waals surface area contributed by atoms with Gasteiger partial charge in [-0.3, -0.25) is 4.79 Å². The first kappa shape index (κ1) is 36.7. The van der Waals surface area contributed by atoms with E-state index in [1.54, 1.807) is 12.1 Å². The second kappa shape index (κ2) is 18.4. The number of hydrogen-bond donors (Lipinski definition) is 3. The highest BCUT2D eigenvalue weighted by atomic mass is 19.2. The Morgan fingerprint density at radius 2 is 1.63 bits per heavy atom. The second-order valence-corrected chi connectivity index (χ2v) is 12.0. The lowest BCUT2D eigenvalue weighted by Crippen LogP contribution is -2.29. The first-order chi connectivity index (χ1) is 22.2. The van der Waals surface area contributed by atoms with Crippen molar-refractivity contribution in [1.82, 2.24) is 0 Å². The maximum atomic E-state index is 15.4. The molecule has 3 N–H and O–H groups in total. The van der Waals surface area contributed by atoms with Crippen molar-refractivity contribution in [1.29, 1.82) is 0 Å². The lowest BCUT2D eigenvalue weighted by molar-refractivity contribution is -0.142. The van der Waals surface area contributed by atoms with E-state index < -0.39 is 24.2 Å². The Labute approximate surface area is 270 Å². The zero-order valence-corrected chi connectivity index (χ0v) is 26.7. The molecule has 1 unspecified atom stereocenters. The van der Waals surface area contributed by atoms with Crippen LogP contribution in [-0.2, 0) is 20.7 Å². The Morgan fingerprint density at radius 3 is 2.24 bits per heavy atom. The molecule has 1 saturated carbocycles. The fourth-order valence-electron chi connectivity index (χ4n) is 5.93. The Bertz CT molecular complexity index is 1490. The van der Waals surface area contributed by atoms with Gasteiger partial charge in [0.05, 0.1) is 25.4 Å². The first-order valence-electron chi connectivity index (χ1n) is 16.0. The summed E-state index contributed by atoms with van der Waals surface area (Å²) >= 11 is 0. The van der Waals surface area contributed by atoms with Crippen LogP contribution in [0.2, 0.25) is 0 Å². The summed E-state index contributed by atoms with van der Waals surface area (Å²) in [5, 5.41) is 29.0. The zero-order chi connectivity index (χ0) is 33.6. The van der Waals surface area contributed by atoms with Crippen molar-refractivity contribution >= 4 is 23.0 Å². The number of benzene rings is 3. The van der Waals surface area contributed by atoms with E-state index in [2.05, 4.69) is 38.3 Å². The van der Waals surface area contributed by atoms with Crippen molar-refractivity contribution in [2.75, 3.05) is 26.4 Å². The molecule has 4 rings (SSSR count). The third-order valence-electron chi connectivity index (χ3n) is 8.79. The van der Waals surface area contributed by atoms with Gasteiger partial charge in [0, 0.05) is 23.7 Å². The van der Waals surface area contributed by atoms with Gasteiger partial charge in [-0.1, -0.05) is 75.4 Å². The van der Waals surface area contributed by atoms with E-state index in [9.17, 15) is 14.7 Å². The van der Waals surface area contributed by atoms with Crippen LogP contribution < -0.4 is 0 Å². The van der Waals surface area contributed by atoms with E-state index in [-0.39, 0.29) is 54.3 Å². The SMILES string of the molecule is C=C(C=O)CO.C=C(CO)C(=O)OCC(CO)C1CCC(c2ccc(-c3ccc4cc(CCCCC)ccc4c3)c(F)c2F)CC1. The number of unbranched alkanes of at least 4 members (excludes halogenated alkanes) is 2. The minimum atomic E-state index is -0.820. The van der Waals surface area contributed by atoms with E-state index in [0.717, 1.165) is 23.6 Å². The standard InChI is InChI=1S/C34H40F2O4.C4H6O2/c1-3-4-5-6-23-7-8-27-18-28(14-13-26(27)17-23)31-16-15-30(32(35)33(31)36)25-11-9-24(10-12-25)29(20-38)21-40-34(39)22(2)19-37;1-4(2-5)3-6/h7-8,13-18,24-25,29,37-38H,2-6,9-12,19-21H2,1H3;2,6H,1,3H2. The number of aliphatic hydroxyl groups excluding tert-OH is 3. The van der Waals surface area contributed by atoms with Crippen LogP contribution in [0.15, 0.2) is 72.8 Å². The molecule has 0 aliphatic heterocycles. The number of halogens is 2. The van der Waals surface area contributed by atoms with Gasteiger partial charge in [-0.15, -0.1) is 0 Å². The van der Waals surface area contributed by atoms with Crippen molar-refractivity contribution in [3.8, 4) is 11.1 Å². The summed E-state index contributed by atoms with van der Waals surface area (Å²) in [6, 6.07) is 15.5. The van der Waals surface area contributed by atoms with Crippen LogP contribution in [0, 0.1) is 23.5 Å². The van der Waals surface area contributed by atoms with E-state index in [4.69, 9.17) is 14.9 Å². The topological polar surface area (TPSA) is 104 Å². The Balaban J connectivity index is 0.000000875. The third-order valence-corrected chi connectivity index (χ3v) is 8.79. The molecule has 46 heavy (non-hydrogen) atoms. The quantitative estimate of drug-likeness (QED) is 0.0747. The molecule has 0 saturated heterocycles. The second-order valence-electron chi connectivity index (χ2n) is 12.0. The largest absolute Gasteiger partial charge is 0.462 e. The predicted octanol–water partition coefficient (Wildman–Crippen LogP) is 7.23. The van der Waals surface area contributed by atoms with Crippen LogP contribution in [0.5, 0.6) is 0 Å². The van der Waals surface area contributed by atoms with Gasteiger partial charge < -0.3 is 20.1 Å². The molecule has 1 aliphatic rings. The molecule has 0 heterocycles. The maximum Gasteiger partial charge on any atom is 0.335 e. The number of carbonyl (C=O) groups is 2. The number of esters is 1. The fourth-order valence-corrected chi connectivity index (χ4v) is 5.93. The van der Waals surface area contributed by atoms with Gasteiger partial charge in [-0.25, -0.2) is 13.6 Å². The molecular formula is C38H46F2O6. The number of aliphatic hydroxyl groups is 3. The van der Waals surface area contributed by atoms with Gasteiger partial charge in [0.25, 0.3) is 0 Å². The van der Waals surface area contributed by atoms with Gasteiger partial charge in [-0.2, -0.15) is 0 Å². The number of rotatable bonds is 14. The van der Waals surface area contributed by atoms with E-state index in [1.165, 1.54) is 18.4 Å². The molecule has 1 fully saturated rings. The molecule has 0 radical (unpaired) electrons. The normalized spacial score (nSPS) is 16.7. The molecular weight excluding hydrogens is 590 g/mol. The minimum absolute atomic E-state index is 0.0306. The highest BCUT2D eigenvalue weighted by Gasteiger charge is 2.31. The van der Waals surface area contributed by atoms with Crippen molar-refractivity contribution < 1.29 is 38.4 Å². The van der Waals surface area contributed by atoms with Gasteiger partial charge in [-0.05, 0) is 83.9 Å². The van der Waals surface area contributed by atoms with Gasteiger partial charge >= 0.3 is 5.97 Å². The summed E-state index contributed by atoms with van der Waals surface area (Å²) in [4.78, 5) is 21.3. The molecule has 0 aromatic heterocycles. The highest BCUT2D eigenvalue weighted by Crippen LogP contribution is 2.41. The molecule has 6 nitrogen and oxygen atoms in total. The van der Waals surface area contributed by atoms with E-state index in [1.807, 2.05) is 18.2 Å². The molecule has 0 spiro atoms. The molecule has 3 aromatic rings. The molecule has 0 amide bonds. The van der Waals surface area contributed by atoms with Crippen LogP contribution in [0.25, 0.3) is 21.9 Å². The minimum Gasteiger partial charge on any atom is -0.462 e. The lowest BCUT2D eigenvalue weighted by Gasteiger charge is -2.33. The van der Waals surface area contributed by atoms with Gasteiger partial charge in [0.1, 0.15) is 6.29 Å². The van der Waals surface area contributed by atoms with Crippen molar-refractivity contribution in [3.63, 3.8) is 0 Å². The van der Waals surface area contributed by atoms with Crippen molar-refractivity contribution in [2.45, 2.75) is 64.2 Å². The van der Waals surface area contributed by atoms with E-state index in [0.29, 0.717) is 43.1 Å². The fraction of sp³-hybridized carbons (Fsp3) is 0.421. The average molecular weight is 637 g/mol. The molecule has 1 atom stereocenters. The smallest absolute Gasteiger partial charge is 0.335 e. The van der Waals surface area contributed by atoms with Gasteiger partial charge in [0.15, 0.2) is 11.6 Å². The lowest BCUT2D eigenvalue weighted by atomic mass is 9.74. The number of fused-ring (bicyclic) bond motifs is 1. The average Bonchev–Trinajstić information content (AvgIpc) is 3.09. The number of hydrogen-bond acceptors (Lipinski definition) is 6. The van der Waals surface area contributed by atoms with E-state index >= 15 is 8.78 Å². The van der Waals surface area contributed by atoms with Crippen LogP contribution in [-0.4, -0.2) is 54.0 Å². The van der Waals surface area contributed by atoms with Gasteiger partial charge in [0.2, 0.25) is 0 Å². The van der Waals surface area contributed by atoms with Crippen LogP contribution in [0.4, 0.5) is 8.78 Å². The molecule has 1 aliphatic carbocycles. The molecule has 0 bridgehead atoms. The predicted molar refractivity (Wildman–Crippen MR) is 177 cm³/mol. The number of ether oxygens (including phenoxy) is 1. The summed E-state index contributed by atoms with van der Waals surface area (Å²) < 4.78 is 36.0. The Morgan fingerprint density at radius 1 is 0.935 bits per heavy atom.